The maximum atomic E-state index is 14.1. The van der Waals surface area contributed by atoms with E-state index in [-0.39, 0.29) is 17.9 Å². The van der Waals surface area contributed by atoms with Gasteiger partial charge in [-0.2, -0.15) is 0 Å². The highest BCUT2D eigenvalue weighted by Gasteiger charge is 2.42. The molecule has 1 aliphatic rings. The van der Waals surface area contributed by atoms with E-state index in [1.807, 2.05) is 65.7 Å². The number of para-hydroxylation sites is 2. The molecule has 0 aliphatic carbocycles. The molecule has 2 aromatic carbocycles. The number of nitrogens with one attached hydrogen (secondary N) is 1. The SMILES string of the molecule is COc1ccccc1-n1cccc1[C@@H]1[C@H](c2ccccn2)NC(=S)N1c1ccc(F)c(C)c1. The van der Waals surface area contributed by atoms with Crippen LogP contribution in [0, 0.1) is 12.7 Å². The minimum Gasteiger partial charge on any atom is -0.495 e. The summed E-state index contributed by atoms with van der Waals surface area (Å²) in [6.45, 7) is 1.76. The molecule has 0 bridgehead atoms. The van der Waals surface area contributed by atoms with Gasteiger partial charge in [-0.25, -0.2) is 4.39 Å². The Kier molecular flexibility index (Phi) is 5.56. The lowest BCUT2D eigenvalue weighted by Gasteiger charge is -2.29. The number of thiocarbonyl (C=S) groups is 1. The summed E-state index contributed by atoms with van der Waals surface area (Å²) >= 11 is 5.79. The summed E-state index contributed by atoms with van der Waals surface area (Å²) in [6.07, 6.45) is 3.79. The quantitative estimate of drug-likeness (QED) is 0.400. The van der Waals surface area contributed by atoms with Gasteiger partial charge < -0.3 is 19.5 Å². The molecule has 0 radical (unpaired) electrons. The van der Waals surface area contributed by atoms with Gasteiger partial charge in [0.05, 0.1) is 24.5 Å². The molecule has 0 spiro atoms. The van der Waals surface area contributed by atoms with Crippen molar-refractivity contribution in [3.63, 3.8) is 0 Å². The summed E-state index contributed by atoms with van der Waals surface area (Å²) in [4.78, 5) is 6.65. The molecule has 166 valence electrons. The number of methoxy groups -OCH3 is 1. The van der Waals surface area contributed by atoms with Gasteiger partial charge in [-0.15, -0.1) is 0 Å². The van der Waals surface area contributed by atoms with Crippen molar-refractivity contribution in [2.24, 2.45) is 0 Å². The van der Waals surface area contributed by atoms with Gasteiger partial charge in [0.1, 0.15) is 17.6 Å². The molecule has 0 unspecified atom stereocenters. The Balaban J connectivity index is 1.69. The Labute approximate surface area is 197 Å². The van der Waals surface area contributed by atoms with Gasteiger partial charge in [-0.05, 0) is 79.3 Å². The maximum Gasteiger partial charge on any atom is 0.174 e. The number of hydrogen-bond acceptors (Lipinski definition) is 3. The fourth-order valence-corrected chi connectivity index (χ4v) is 4.74. The van der Waals surface area contributed by atoms with Crippen LogP contribution < -0.4 is 15.0 Å². The lowest BCUT2D eigenvalue weighted by molar-refractivity contribution is 0.412. The highest BCUT2D eigenvalue weighted by atomic mass is 32.1. The van der Waals surface area contributed by atoms with Gasteiger partial charge in [0.2, 0.25) is 0 Å². The fraction of sp³-hybridized carbons (Fsp3) is 0.154. The van der Waals surface area contributed by atoms with E-state index in [2.05, 4.69) is 20.9 Å². The van der Waals surface area contributed by atoms with Crippen LogP contribution in [0.25, 0.3) is 5.69 Å². The predicted octanol–water partition coefficient (Wildman–Crippen LogP) is 5.51. The lowest BCUT2D eigenvalue weighted by Crippen LogP contribution is -2.30. The van der Waals surface area contributed by atoms with Crippen molar-refractivity contribution in [3.05, 3.63) is 108 Å². The monoisotopic (exact) mass is 458 g/mol. The molecule has 5 rings (SSSR count). The minimum atomic E-state index is -0.243. The summed E-state index contributed by atoms with van der Waals surface area (Å²) in [6, 6.07) is 22.5. The Bertz CT molecular complexity index is 1310. The first kappa shape index (κ1) is 21.2. The van der Waals surface area contributed by atoms with E-state index < -0.39 is 0 Å². The molecule has 1 saturated heterocycles. The Morgan fingerprint density at radius 2 is 1.85 bits per heavy atom. The second kappa shape index (κ2) is 8.67. The van der Waals surface area contributed by atoms with Gasteiger partial charge in [-0.3, -0.25) is 4.98 Å². The molecule has 5 nitrogen and oxygen atoms in total. The average molecular weight is 459 g/mol. The van der Waals surface area contributed by atoms with Crippen LogP contribution in [0.2, 0.25) is 0 Å². The zero-order chi connectivity index (χ0) is 22.9. The zero-order valence-electron chi connectivity index (χ0n) is 18.3. The lowest BCUT2D eigenvalue weighted by atomic mass is 10.0. The molecular formula is C26H23FN4OS. The van der Waals surface area contributed by atoms with E-state index in [0.29, 0.717) is 10.7 Å². The molecule has 2 atom stereocenters. The number of nitrogens with zero attached hydrogens (tertiary/aromatic N) is 3. The topological polar surface area (TPSA) is 42.3 Å². The molecule has 0 saturated carbocycles. The summed E-state index contributed by atoms with van der Waals surface area (Å²) in [5.41, 5.74) is 4.19. The van der Waals surface area contributed by atoms with Crippen LogP contribution in [0.1, 0.15) is 29.0 Å². The van der Waals surface area contributed by atoms with Crippen LogP contribution in [-0.2, 0) is 0 Å². The summed E-state index contributed by atoms with van der Waals surface area (Å²) in [5.74, 6) is 0.522. The van der Waals surface area contributed by atoms with E-state index in [1.165, 1.54) is 6.07 Å². The van der Waals surface area contributed by atoms with Crippen LogP contribution >= 0.6 is 12.2 Å². The highest BCUT2D eigenvalue weighted by molar-refractivity contribution is 7.80. The summed E-state index contributed by atoms with van der Waals surface area (Å²) in [5, 5.41) is 4.02. The van der Waals surface area contributed by atoms with Crippen molar-refractivity contribution in [1.82, 2.24) is 14.9 Å². The van der Waals surface area contributed by atoms with Gasteiger partial charge in [0, 0.05) is 23.8 Å². The van der Waals surface area contributed by atoms with Crippen molar-refractivity contribution < 1.29 is 9.13 Å². The molecule has 1 N–H and O–H groups in total. The van der Waals surface area contributed by atoms with Crippen LogP contribution in [0.3, 0.4) is 0 Å². The number of aromatic nitrogens is 2. The van der Waals surface area contributed by atoms with E-state index in [9.17, 15) is 4.39 Å². The van der Waals surface area contributed by atoms with E-state index in [1.54, 1.807) is 26.3 Å². The first-order valence-electron chi connectivity index (χ1n) is 10.7. The average Bonchev–Trinajstić information content (AvgIpc) is 3.45. The van der Waals surface area contributed by atoms with Crippen molar-refractivity contribution >= 4 is 23.0 Å². The largest absolute Gasteiger partial charge is 0.495 e. The van der Waals surface area contributed by atoms with Gasteiger partial charge in [-0.1, -0.05) is 18.2 Å². The number of pyridine rings is 1. The third-order valence-electron chi connectivity index (χ3n) is 5.95. The van der Waals surface area contributed by atoms with E-state index in [0.717, 1.165) is 28.5 Å². The predicted molar refractivity (Wildman–Crippen MR) is 131 cm³/mol. The third-order valence-corrected chi connectivity index (χ3v) is 6.26. The molecule has 2 aromatic heterocycles. The number of hydrogen-bond donors (Lipinski definition) is 1. The van der Waals surface area contributed by atoms with Crippen LogP contribution in [0.15, 0.2) is 85.2 Å². The number of benzene rings is 2. The van der Waals surface area contributed by atoms with Gasteiger partial charge in [0.15, 0.2) is 5.11 Å². The number of aryl methyl sites for hydroxylation is 1. The zero-order valence-corrected chi connectivity index (χ0v) is 19.1. The number of halogens is 1. The number of anilines is 1. The first-order valence-corrected chi connectivity index (χ1v) is 11.1. The van der Waals surface area contributed by atoms with Gasteiger partial charge in [0.25, 0.3) is 0 Å². The minimum absolute atomic E-state index is 0.201. The number of ether oxygens (including phenoxy) is 1. The van der Waals surface area contributed by atoms with Gasteiger partial charge >= 0.3 is 0 Å². The molecule has 7 heteroatoms. The van der Waals surface area contributed by atoms with Crippen LogP contribution in [0.5, 0.6) is 5.75 Å². The molecule has 1 fully saturated rings. The molecule has 33 heavy (non-hydrogen) atoms. The first-order chi connectivity index (χ1) is 16.1. The van der Waals surface area contributed by atoms with Crippen LogP contribution in [0.4, 0.5) is 10.1 Å². The molecular weight excluding hydrogens is 435 g/mol. The Morgan fingerprint density at radius 1 is 1.03 bits per heavy atom. The summed E-state index contributed by atoms with van der Waals surface area (Å²) in [7, 11) is 1.67. The van der Waals surface area contributed by atoms with Crippen molar-refractivity contribution in [1.29, 1.82) is 0 Å². The van der Waals surface area contributed by atoms with Crippen molar-refractivity contribution in [3.8, 4) is 11.4 Å². The molecule has 0 amide bonds. The smallest absolute Gasteiger partial charge is 0.174 e. The Morgan fingerprint density at radius 3 is 2.61 bits per heavy atom. The van der Waals surface area contributed by atoms with E-state index in [4.69, 9.17) is 17.0 Å². The second-order valence-corrected chi connectivity index (χ2v) is 8.29. The Hall–Kier alpha value is -3.71. The standard InChI is InChI=1S/C26H23FN4OS/c1-17-16-18(12-13-19(17)27)31-25(24(29-26(31)33)20-8-5-6-14-28-20)22-10-7-15-30(22)21-9-3-4-11-23(21)32-2/h3-16,24-25H,1-2H3,(H,29,33)/t24-,25+/m0/s1. The fourth-order valence-electron chi connectivity index (χ4n) is 4.40. The third kappa shape index (κ3) is 3.74. The van der Waals surface area contributed by atoms with E-state index >= 15 is 0 Å². The maximum absolute atomic E-state index is 14.1. The highest BCUT2D eigenvalue weighted by Crippen LogP contribution is 2.43. The normalized spacial score (nSPS) is 17.8. The molecule has 4 aromatic rings. The molecule has 1 aliphatic heterocycles. The van der Waals surface area contributed by atoms with Crippen LogP contribution in [-0.4, -0.2) is 21.8 Å². The number of rotatable bonds is 5. The van der Waals surface area contributed by atoms with Crippen molar-refractivity contribution in [2.75, 3.05) is 12.0 Å². The second-order valence-electron chi connectivity index (χ2n) is 7.90. The molecule has 3 heterocycles. The summed E-state index contributed by atoms with van der Waals surface area (Å²) < 4.78 is 21.8. The van der Waals surface area contributed by atoms with Crippen molar-refractivity contribution in [2.45, 2.75) is 19.0 Å².